The van der Waals surface area contributed by atoms with Crippen LogP contribution in [0.3, 0.4) is 0 Å². The molecule has 1 aromatic carbocycles. The summed E-state index contributed by atoms with van der Waals surface area (Å²) < 4.78 is 0. The van der Waals surface area contributed by atoms with Crippen LogP contribution >= 0.6 is 0 Å². The molecule has 9 heteroatoms. The quantitative estimate of drug-likeness (QED) is 0.607. The molecule has 3 aliphatic rings. The number of hydrogen-bond donors (Lipinski definition) is 2. The van der Waals surface area contributed by atoms with Gasteiger partial charge in [-0.1, -0.05) is 12.1 Å². The number of piperidine rings is 1. The van der Waals surface area contributed by atoms with Crippen molar-refractivity contribution >= 4 is 23.6 Å². The predicted octanol–water partition coefficient (Wildman–Crippen LogP) is -0.446. The first-order chi connectivity index (χ1) is 14.5. The van der Waals surface area contributed by atoms with Crippen LogP contribution in [0.4, 0.5) is 0 Å². The van der Waals surface area contributed by atoms with Gasteiger partial charge in [0.15, 0.2) is 0 Å². The van der Waals surface area contributed by atoms with Crippen LogP contribution in [-0.4, -0.2) is 83.6 Å². The summed E-state index contributed by atoms with van der Waals surface area (Å²) >= 11 is 0. The Balaban J connectivity index is 1.48. The van der Waals surface area contributed by atoms with Crippen molar-refractivity contribution in [3.05, 3.63) is 34.9 Å². The molecule has 30 heavy (non-hydrogen) atoms. The number of nitrogens with zero attached hydrogens (tertiary/aromatic N) is 3. The third-order valence-corrected chi connectivity index (χ3v) is 6.09. The lowest BCUT2D eigenvalue weighted by molar-refractivity contribution is -0.136. The molecule has 0 radical (unpaired) electrons. The third-order valence-electron chi connectivity index (χ3n) is 6.09. The lowest BCUT2D eigenvalue weighted by atomic mass is 10.0. The van der Waals surface area contributed by atoms with Crippen LogP contribution in [-0.2, 0) is 16.1 Å². The van der Waals surface area contributed by atoms with Crippen LogP contribution in [0.1, 0.15) is 45.5 Å². The number of amides is 4. The molecule has 1 unspecified atom stereocenters. The molecule has 4 amide bonds. The molecular formula is C21H27N5O4. The molecule has 0 spiro atoms. The molecule has 3 aliphatic heterocycles. The first-order valence-corrected chi connectivity index (χ1v) is 10.5. The zero-order valence-corrected chi connectivity index (χ0v) is 16.9. The number of fused-ring (bicyclic) bond motifs is 1. The maximum Gasteiger partial charge on any atom is 0.262 e. The number of piperazine rings is 1. The molecule has 9 nitrogen and oxygen atoms in total. The summed E-state index contributed by atoms with van der Waals surface area (Å²) in [6, 6.07) is 4.35. The van der Waals surface area contributed by atoms with Crippen LogP contribution in [0.15, 0.2) is 18.2 Å². The molecule has 1 aromatic rings. The number of hydrogen-bond acceptors (Lipinski definition) is 7. The molecule has 0 aromatic heterocycles. The van der Waals surface area contributed by atoms with E-state index >= 15 is 0 Å². The Morgan fingerprint density at radius 3 is 2.43 bits per heavy atom. The Labute approximate surface area is 175 Å². The van der Waals surface area contributed by atoms with Gasteiger partial charge in [-0.25, -0.2) is 0 Å². The van der Waals surface area contributed by atoms with E-state index in [4.69, 9.17) is 5.73 Å². The molecule has 0 bridgehead atoms. The van der Waals surface area contributed by atoms with Crippen molar-refractivity contribution in [1.82, 2.24) is 20.0 Å². The lowest BCUT2D eigenvalue weighted by Gasteiger charge is -2.34. The zero-order valence-electron chi connectivity index (χ0n) is 16.9. The number of rotatable bonds is 6. The number of carbonyl (C=O) groups is 4. The van der Waals surface area contributed by atoms with E-state index in [1.807, 2.05) is 6.07 Å². The number of imide groups is 2. The number of nitrogens with one attached hydrogen (secondary N) is 1. The Morgan fingerprint density at radius 2 is 1.73 bits per heavy atom. The van der Waals surface area contributed by atoms with Crippen LogP contribution in [0.2, 0.25) is 0 Å². The summed E-state index contributed by atoms with van der Waals surface area (Å²) in [5.74, 6) is -1.87. The number of nitrogens with two attached hydrogens (primary N) is 1. The third kappa shape index (κ3) is 3.88. The summed E-state index contributed by atoms with van der Waals surface area (Å²) in [5.41, 5.74) is 7.12. The maximum absolute atomic E-state index is 13.2. The van der Waals surface area contributed by atoms with Crippen LogP contribution in [0.5, 0.6) is 0 Å². The summed E-state index contributed by atoms with van der Waals surface area (Å²) in [6.07, 6.45) is 1.26. The van der Waals surface area contributed by atoms with Gasteiger partial charge in [-0.3, -0.25) is 34.3 Å². The fourth-order valence-electron chi connectivity index (χ4n) is 4.44. The molecule has 1 atom stereocenters. The van der Waals surface area contributed by atoms with Gasteiger partial charge in [0.25, 0.3) is 11.8 Å². The van der Waals surface area contributed by atoms with E-state index in [0.29, 0.717) is 24.2 Å². The minimum atomic E-state index is -0.936. The fraction of sp³-hybridized carbons (Fsp3) is 0.524. The molecule has 2 fully saturated rings. The lowest BCUT2D eigenvalue weighted by Crippen LogP contribution is -2.54. The molecule has 3 N–H and O–H groups in total. The van der Waals surface area contributed by atoms with Crippen LogP contribution in [0.25, 0.3) is 0 Å². The van der Waals surface area contributed by atoms with Crippen molar-refractivity contribution in [3.63, 3.8) is 0 Å². The standard InChI is InChI=1S/C21H27N5O4/c22-7-2-8-24-9-11-25(12-10-24)13-14-3-1-4-15-18(14)21(30)26(20(15)29)16-5-6-17(27)23-19(16)28/h1,3-4,16H,2,5-13,22H2,(H,23,27,28). The fourth-order valence-corrected chi connectivity index (χ4v) is 4.44. The number of carbonyl (C=O) groups excluding carboxylic acids is 4. The number of benzene rings is 1. The van der Waals surface area contributed by atoms with E-state index in [9.17, 15) is 19.2 Å². The summed E-state index contributed by atoms with van der Waals surface area (Å²) in [7, 11) is 0. The van der Waals surface area contributed by atoms with E-state index in [0.717, 1.165) is 49.6 Å². The topological polar surface area (TPSA) is 116 Å². The van der Waals surface area contributed by atoms with Crippen molar-refractivity contribution in [3.8, 4) is 0 Å². The SMILES string of the molecule is NCCCN1CCN(Cc2cccc3c2C(=O)N(C2CCC(=O)NC2=O)C3=O)CC1. The monoisotopic (exact) mass is 413 g/mol. The van der Waals surface area contributed by atoms with Gasteiger partial charge in [0.05, 0.1) is 11.1 Å². The average molecular weight is 413 g/mol. The van der Waals surface area contributed by atoms with E-state index in [-0.39, 0.29) is 18.7 Å². The highest BCUT2D eigenvalue weighted by Gasteiger charge is 2.45. The predicted molar refractivity (Wildman–Crippen MR) is 109 cm³/mol. The van der Waals surface area contributed by atoms with Crippen LogP contribution < -0.4 is 11.1 Å². The Hall–Kier alpha value is -2.62. The van der Waals surface area contributed by atoms with Gasteiger partial charge in [0, 0.05) is 39.1 Å². The Bertz CT molecular complexity index is 878. The highest BCUT2D eigenvalue weighted by Crippen LogP contribution is 2.30. The van der Waals surface area contributed by atoms with Gasteiger partial charge >= 0.3 is 0 Å². The van der Waals surface area contributed by atoms with Crippen molar-refractivity contribution in [2.45, 2.75) is 31.8 Å². The van der Waals surface area contributed by atoms with E-state index < -0.39 is 23.8 Å². The largest absolute Gasteiger partial charge is 0.330 e. The van der Waals surface area contributed by atoms with Crippen molar-refractivity contribution in [2.75, 3.05) is 39.3 Å². The molecule has 0 saturated carbocycles. The van der Waals surface area contributed by atoms with Crippen molar-refractivity contribution < 1.29 is 19.2 Å². The molecule has 160 valence electrons. The minimum Gasteiger partial charge on any atom is -0.330 e. The zero-order chi connectivity index (χ0) is 21.3. The van der Waals surface area contributed by atoms with E-state index in [1.54, 1.807) is 12.1 Å². The van der Waals surface area contributed by atoms with E-state index in [1.165, 1.54) is 0 Å². The average Bonchev–Trinajstić information content (AvgIpc) is 2.99. The van der Waals surface area contributed by atoms with Gasteiger partial charge in [0.2, 0.25) is 11.8 Å². The first kappa shape index (κ1) is 20.6. The van der Waals surface area contributed by atoms with Gasteiger partial charge in [0.1, 0.15) is 6.04 Å². The van der Waals surface area contributed by atoms with Gasteiger partial charge in [-0.05, 0) is 37.6 Å². The summed E-state index contributed by atoms with van der Waals surface area (Å²) in [6.45, 7) is 5.93. The smallest absolute Gasteiger partial charge is 0.262 e. The molecule has 3 heterocycles. The highest BCUT2D eigenvalue weighted by molar-refractivity contribution is 6.24. The molecular weight excluding hydrogens is 386 g/mol. The molecule has 4 rings (SSSR count). The normalized spacial score (nSPS) is 23.1. The van der Waals surface area contributed by atoms with Gasteiger partial charge in [-0.15, -0.1) is 0 Å². The second kappa shape index (κ2) is 8.63. The minimum absolute atomic E-state index is 0.116. The Kier molecular flexibility index (Phi) is 5.94. The van der Waals surface area contributed by atoms with Crippen LogP contribution in [0, 0.1) is 0 Å². The Morgan fingerprint density at radius 1 is 1.00 bits per heavy atom. The summed E-state index contributed by atoms with van der Waals surface area (Å²) in [4.78, 5) is 55.5. The van der Waals surface area contributed by atoms with E-state index in [2.05, 4.69) is 15.1 Å². The second-order valence-electron chi connectivity index (χ2n) is 8.05. The van der Waals surface area contributed by atoms with Crippen molar-refractivity contribution in [1.29, 1.82) is 0 Å². The summed E-state index contributed by atoms with van der Waals surface area (Å²) in [5, 5.41) is 2.23. The highest BCUT2D eigenvalue weighted by atomic mass is 16.2. The van der Waals surface area contributed by atoms with Gasteiger partial charge < -0.3 is 10.6 Å². The second-order valence-corrected chi connectivity index (χ2v) is 8.05. The first-order valence-electron chi connectivity index (χ1n) is 10.5. The maximum atomic E-state index is 13.2. The molecule has 2 saturated heterocycles. The van der Waals surface area contributed by atoms with Crippen molar-refractivity contribution in [2.24, 2.45) is 5.73 Å². The molecule has 0 aliphatic carbocycles. The van der Waals surface area contributed by atoms with Gasteiger partial charge in [-0.2, -0.15) is 0 Å².